The molecular formula is C15H16ClN3O2. The Morgan fingerprint density at radius 2 is 1.90 bits per heavy atom. The van der Waals surface area contributed by atoms with Gasteiger partial charge in [0.2, 0.25) is 5.91 Å². The lowest BCUT2D eigenvalue weighted by Gasteiger charge is -2.11. The minimum atomic E-state index is -0.262. The van der Waals surface area contributed by atoms with E-state index >= 15 is 0 Å². The van der Waals surface area contributed by atoms with Crippen molar-refractivity contribution in [3.05, 3.63) is 41.2 Å². The van der Waals surface area contributed by atoms with Gasteiger partial charge in [-0.15, -0.1) is 0 Å². The maximum Gasteiger partial charge on any atom is 0.253 e. The van der Waals surface area contributed by atoms with Gasteiger partial charge in [0, 0.05) is 38.6 Å². The van der Waals surface area contributed by atoms with Crippen molar-refractivity contribution in [1.82, 2.24) is 15.2 Å². The van der Waals surface area contributed by atoms with Crippen molar-refractivity contribution >= 4 is 34.2 Å². The van der Waals surface area contributed by atoms with E-state index in [1.165, 1.54) is 11.1 Å². The molecule has 0 aliphatic rings. The van der Waals surface area contributed by atoms with Gasteiger partial charge in [-0.3, -0.25) is 9.59 Å². The third-order valence-electron chi connectivity index (χ3n) is 3.11. The summed E-state index contributed by atoms with van der Waals surface area (Å²) in [5.41, 5.74) is 0.451. The summed E-state index contributed by atoms with van der Waals surface area (Å²) in [6.07, 6.45) is 1.71. The van der Waals surface area contributed by atoms with Gasteiger partial charge in [-0.05, 0) is 5.39 Å². The fourth-order valence-corrected chi connectivity index (χ4v) is 2.15. The number of benzene rings is 1. The first-order chi connectivity index (χ1) is 10.0. The van der Waals surface area contributed by atoms with Crippen LogP contribution in [-0.2, 0) is 4.79 Å². The molecule has 0 saturated heterocycles. The first-order valence-electron chi connectivity index (χ1n) is 6.52. The summed E-state index contributed by atoms with van der Waals surface area (Å²) in [5.74, 6) is -0.295. The van der Waals surface area contributed by atoms with Gasteiger partial charge in [-0.25, -0.2) is 4.98 Å². The van der Waals surface area contributed by atoms with E-state index < -0.39 is 0 Å². The molecule has 5 nitrogen and oxygen atoms in total. The SMILES string of the molecule is CN(C)C(=O)CCNC(=O)c1cnc(Cl)c2ccccc12. The van der Waals surface area contributed by atoms with Crippen LogP contribution in [0.3, 0.4) is 0 Å². The summed E-state index contributed by atoms with van der Waals surface area (Å²) in [7, 11) is 3.36. The lowest BCUT2D eigenvalue weighted by molar-refractivity contribution is -0.128. The van der Waals surface area contributed by atoms with Crippen molar-refractivity contribution < 1.29 is 9.59 Å². The topological polar surface area (TPSA) is 62.3 Å². The zero-order valence-corrected chi connectivity index (χ0v) is 12.6. The number of rotatable bonds is 4. The molecule has 21 heavy (non-hydrogen) atoms. The van der Waals surface area contributed by atoms with E-state index in [-0.39, 0.29) is 24.8 Å². The fraction of sp³-hybridized carbons (Fsp3) is 0.267. The molecule has 0 bridgehead atoms. The predicted octanol–water partition coefficient (Wildman–Crippen LogP) is 2.10. The van der Waals surface area contributed by atoms with Crippen LogP contribution in [0.15, 0.2) is 30.5 Å². The quantitative estimate of drug-likeness (QED) is 0.880. The molecule has 0 spiro atoms. The Balaban J connectivity index is 2.13. The Labute approximate surface area is 127 Å². The molecule has 1 aromatic heterocycles. The minimum absolute atomic E-state index is 0.0330. The number of hydrogen-bond acceptors (Lipinski definition) is 3. The average molecular weight is 306 g/mol. The lowest BCUT2D eigenvalue weighted by Crippen LogP contribution is -2.30. The number of amides is 2. The van der Waals surface area contributed by atoms with Crippen LogP contribution in [0.25, 0.3) is 10.8 Å². The Hall–Kier alpha value is -2.14. The summed E-state index contributed by atoms with van der Waals surface area (Å²) in [5, 5.41) is 4.57. The summed E-state index contributed by atoms with van der Waals surface area (Å²) < 4.78 is 0. The lowest BCUT2D eigenvalue weighted by atomic mass is 10.1. The molecule has 0 aliphatic heterocycles. The number of carbonyl (C=O) groups is 2. The fourth-order valence-electron chi connectivity index (χ4n) is 1.94. The molecule has 0 unspecified atom stereocenters. The third-order valence-corrected chi connectivity index (χ3v) is 3.42. The van der Waals surface area contributed by atoms with Crippen molar-refractivity contribution in [1.29, 1.82) is 0 Å². The van der Waals surface area contributed by atoms with Crippen molar-refractivity contribution in [3.63, 3.8) is 0 Å². The van der Waals surface area contributed by atoms with E-state index in [9.17, 15) is 9.59 Å². The molecule has 2 aromatic rings. The molecular weight excluding hydrogens is 290 g/mol. The maximum atomic E-state index is 12.2. The van der Waals surface area contributed by atoms with Gasteiger partial charge in [0.25, 0.3) is 5.91 Å². The highest BCUT2D eigenvalue weighted by Gasteiger charge is 2.13. The van der Waals surface area contributed by atoms with E-state index in [1.54, 1.807) is 14.1 Å². The number of halogens is 1. The van der Waals surface area contributed by atoms with Gasteiger partial charge in [0.05, 0.1) is 5.56 Å². The molecule has 0 fully saturated rings. The van der Waals surface area contributed by atoms with Gasteiger partial charge in [-0.1, -0.05) is 35.9 Å². The highest BCUT2D eigenvalue weighted by Crippen LogP contribution is 2.23. The van der Waals surface area contributed by atoms with Crippen LogP contribution in [0.4, 0.5) is 0 Å². The van der Waals surface area contributed by atoms with Crippen LogP contribution in [0.2, 0.25) is 5.15 Å². The Kier molecular flexibility index (Phi) is 4.75. The van der Waals surface area contributed by atoms with Crippen molar-refractivity contribution in [2.45, 2.75) is 6.42 Å². The van der Waals surface area contributed by atoms with E-state index in [4.69, 9.17) is 11.6 Å². The molecule has 1 aromatic carbocycles. The Morgan fingerprint density at radius 1 is 1.24 bits per heavy atom. The normalized spacial score (nSPS) is 10.4. The van der Waals surface area contributed by atoms with E-state index in [0.29, 0.717) is 10.7 Å². The number of aromatic nitrogens is 1. The number of nitrogens with zero attached hydrogens (tertiary/aromatic N) is 2. The van der Waals surface area contributed by atoms with Gasteiger partial charge in [-0.2, -0.15) is 0 Å². The predicted molar refractivity (Wildman–Crippen MR) is 82.4 cm³/mol. The van der Waals surface area contributed by atoms with Gasteiger partial charge >= 0.3 is 0 Å². The first kappa shape index (κ1) is 15.3. The second kappa shape index (κ2) is 6.54. The monoisotopic (exact) mass is 305 g/mol. The van der Waals surface area contributed by atoms with Gasteiger partial charge < -0.3 is 10.2 Å². The number of pyridine rings is 1. The maximum absolute atomic E-state index is 12.2. The molecule has 1 heterocycles. The van der Waals surface area contributed by atoms with Crippen molar-refractivity contribution in [2.24, 2.45) is 0 Å². The molecule has 2 rings (SSSR count). The zero-order chi connectivity index (χ0) is 15.4. The highest BCUT2D eigenvalue weighted by atomic mass is 35.5. The van der Waals surface area contributed by atoms with Crippen LogP contribution in [0.1, 0.15) is 16.8 Å². The molecule has 0 saturated carbocycles. The zero-order valence-electron chi connectivity index (χ0n) is 11.9. The Bertz CT molecular complexity index is 686. The summed E-state index contributed by atoms with van der Waals surface area (Å²) in [4.78, 5) is 29.2. The van der Waals surface area contributed by atoms with Crippen LogP contribution < -0.4 is 5.32 Å². The van der Waals surface area contributed by atoms with E-state index in [0.717, 1.165) is 10.8 Å². The smallest absolute Gasteiger partial charge is 0.253 e. The largest absolute Gasteiger partial charge is 0.351 e. The summed E-state index contributed by atoms with van der Waals surface area (Å²) in [6.45, 7) is 0.285. The standard InChI is InChI=1S/C15H16ClN3O2/c1-19(2)13(20)7-8-17-15(21)12-9-18-14(16)11-6-4-3-5-10(11)12/h3-6,9H,7-8H2,1-2H3,(H,17,21). The number of hydrogen-bond donors (Lipinski definition) is 1. The van der Waals surface area contributed by atoms with Gasteiger partial charge in [0.1, 0.15) is 5.15 Å². The first-order valence-corrected chi connectivity index (χ1v) is 6.90. The van der Waals surface area contributed by atoms with Crippen LogP contribution in [0.5, 0.6) is 0 Å². The molecule has 0 atom stereocenters. The van der Waals surface area contributed by atoms with Crippen molar-refractivity contribution in [3.8, 4) is 0 Å². The van der Waals surface area contributed by atoms with Crippen molar-refractivity contribution in [2.75, 3.05) is 20.6 Å². The number of carbonyl (C=O) groups excluding carboxylic acids is 2. The number of nitrogens with one attached hydrogen (secondary N) is 1. The average Bonchev–Trinajstić information content (AvgIpc) is 2.47. The second-order valence-corrected chi connectivity index (χ2v) is 5.16. The van der Waals surface area contributed by atoms with Crippen LogP contribution >= 0.6 is 11.6 Å². The minimum Gasteiger partial charge on any atom is -0.351 e. The molecule has 1 N–H and O–H groups in total. The van der Waals surface area contributed by atoms with E-state index in [1.807, 2.05) is 24.3 Å². The molecule has 0 radical (unpaired) electrons. The summed E-state index contributed by atoms with van der Waals surface area (Å²) >= 11 is 6.02. The Morgan fingerprint density at radius 3 is 2.57 bits per heavy atom. The molecule has 0 aliphatic carbocycles. The molecule has 2 amide bonds. The number of fused-ring (bicyclic) bond motifs is 1. The molecule has 110 valence electrons. The molecule has 6 heteroatoms. The van der Waals surface area contributed by atoms with Crippen LogP contribution in [-0.4, -0.2) is 42.3 Å². The van der Waals surface area contributed by atoms with Gasteiger partial charge in [0.15, 0.2) is 0 Å². The third kappa shape index (κ3) is 3.49. The van der Waals surface area contributed by atoms with E-state index in [2.05, 4.69) is 10.3 Å². The highest BCUT2D eigenvalue weighted by molar-refractivity contribution is 6.34. The summed E-state index contributed by atoms with van der Waals surface area (Å²) in [6, 6.07) is 7.32. The second-order valence-electron chi connectivity index (χ2n) is 4.80. The van der Waals surface area contributed by atoms with Crippen LogP contribution in [0, 0.1) is 0 Å².